The molecule has 1 rings (SSSR count). The van der Waals surface area contributed by atoms with Gasteiger partial charge in [0.05, 0.1) is 0 Å². The smallest absolute Gasteiger partial charge is 0.0366 e. The third kappa shape index (κ3) is 3.07. The number of anilines is 1. The number of hydrogen-bond donors (Lipinski definition) is 1. The SMILES string of the molecule is CCN(C[C@@H](C)N)c1ccccc1. The molecule has 2 nitrogen and oxygen atoms in total. The molecule has 0 unspecified atom stereocenters. The lowest BCUT2D eigenvalue weighted by atomic mass is 10.2. The van der Waals surface area contributed by atoms with E-state index in [1.807, 2.05) is 13.0 Å². The molecule has 0 heterocycles. The van der Waals surface area contributed by atoms with Crippen LogP contribution in [0.3, 0.4) is 0 Å². The highest BCUT2D eigenvalue weighted by molar-refractivity contribution is 5.45. The van der Waals surface area contributed by atoms with Gasteiger partial charge in [0.1, 0.15) is 0 Å². The minimum absolute atomic E-state index is 0.222. The van der Waals surface area contributed by atoms with Gasteiger partial charge in [-0.15, -0.1) is 0 Å². The summed E-state index contributed by atoms with van der Waals surface area (Å²) in [7, 11) is 0. The minimum Gasteiger partial charge on any atom is -0.370 e. The van der Waals surface area contributed by atoms with Crippen molar-refractivity contribution in [3.05, 3.63) is 30.3 Å². The fourth-order valence-corrected chi connectivity index (χ4v) is 1.40. The predicted molar refractivity (Wildman–Crippen MR) is 58.0 cm³/mol. The summed E-state index contributed by atoms with van der Waals surface area (Å²) >= 11 is 0. The highest BCUT2D eigenvalue weighted by atomic mass is 15.1. The quantitative estimate of drug-likeness (QED) is 0.762. The van der Waals surface area contributed by atoms with E-state index in [0.717, 1.165) is 13.1 Å². The van der Waals surface area contributed by atoms with E-state index < -0.39 is 0 Å². The van der Waals surface area contributed by atoms with Crippen molar-refractivity contribution in [3.8, 4) is 0 Å². The van der Waals surface area contributed by atoms with Crippen molar-refractivity contribution < 1.29 is 0 Å². The van der Waals surface area contributed by atoms with E-state index in [0.29, 0.717) is 0 Å². The summed E-state index contributed by atoms with van der Waals surface area (Å²) in [4.78, 5) is 2.28. The first-order chi connectivity index (χ1) is 6.24. The Morgan fingerprint density at radius 2 is 1.92 bits per heavy atom. The number of benzene rings is 1. The van der Waals surface area contributed by atoms with E-state index in [9.17, 15) is 0 Å². The zero-order valence-corrected chi connectivity index (χ0v) is 8.40. The molecule has 1 aromatic carbocycles. The number of para-hydroxylation sites is 1. The number of rotatable bonds is 4. The van der Waals surface area contributed by atoms with Crippen LogP contribution in [0, 0.1) is 0 Å². The molecule has 0 radical (unpaired) electrons. The van der Waals surface area contributed by atoms with Gasteiger partial charge in [0.2, 0.25) is 0 Å². The van der Waals surface area contributed by atoms with Crippen LogP contribution in [0.25, 0.3) is 0 Å². The molecular formula is C11H18N2. The van der Waals surface area contributed by atoms with E-state index >= 15 is 0 Å². The molecule has 2 N–H and O–H groups in total. The van der Waals surface area contributed by atoms with Crippen molar-refractivity contribution in [1.82, 2.24) is 0 Å². The van der Waals surface area contributed by atoms with Gasteiger partial charge in [0, 0.05) is 24.8 Å². The molecule has 0 aromatic heterocycles. The molecule has 1 atom stereocenters. The fourth-order valence-electron chi connectivity index (χ4n) is 1.40. The highest BCUT2D eigenvalue weighted by Crippen LogP contribution is 2.12. The van der Waals surface area contributed by atoms with Crippen molar-refractivity contribution in [1.29, 1.82) is 0 Å². The predicted octanol–water partition coefficient (Wildman–Crippen LogP) is 1.86. The van der Waals surface area contributed by atoms with Gasteiger partial charge >= 0.3 is 0 Å². The molecule has 0 saturated carbocycles. The summed E-state index contributed by atoms with van der Waals surface area (Å²) in [6, 6.07) is 10.6. The summed E-state index contributed by atoms with van der Waals surface area (Å²) < 4.78 is 0. The van der Waals surface area contributed by atoms with Gasteiger partial charge in [-0.2, -0.15) is 0 Å². The molecule has 72 valence electrons. The Bertz CT molecular complexity index is 231. The second kappa shape index (κ2) is 4.87. The zero-order chi connectivity index (χ0) is 9.68. The number of hydrogen-bond acceptors (Lipinski definition) is 2. The van der Waals surface area contributed by atoms with Crippen LogP contribution in [0.2, 0.25) is 0 Å². The summed E-state index contributed by atoms with van der Waals surface area (Å²) in [5, 5.41) is 0. The molecule has 0 spiro atoms. The molecule has 0 amide bonds. The lowest BCUT2D eigenvalue weighted by molar-refractivity contribution is 0.689. The fraction of sp³-hybridized carbons (Fsp3) is 0.455. The average Bonchev–Trinajstić information content (AvgIpc) is 2.15. The van der Waals surface area contributed by atoms with Crippen LogP contribution in [0.5, 0.6) is 0 Å². The first-order valence-corrected chi connectivity index (χ1v) is 4.79. The molecule has 13 heavy (non-hydrogen) atoms. The monoisotopic (exact) mass is 178 g/mol. The second-order valence-corrected chi connectivity index (χ2v) is 3.35. The van der Waals surface area contributed by atoms with Crippen LogP contribution < -0.4 is 10.6 Å². The van der Waals surface area contributed by atoms with Crippen LogP contribution in [-0.2, 0) is 0 Å². The average molecular weight is 178 g/mol. The van der Waals surface area contributed by atoms with Crippen LogP contribution in [-0.4, -0.2) is 19.1 Å². The van der Waals surface area contributed by atoms with Crippen LogP contribution in [0.15, 0.2) is 30.3 Å². The van der Waals surface area contributed by atoms with Crippen LogP contribution in [0.4, 0.5) is 5.69 Å². The third-order valence-corrected chi connectivity index (χ3v) is 2.01. The standard InChI is InChI=1S/C11H18N2/c1-3-13(9-10(2)12)11-7-5-4-6-8-11/h4-8,10H,3,9,12H2,1-2H3/t10-/m1/s1. The number of nitrogens with zero attached hydrogens (tertiary/aromatic N) is 1. The minimum atomic E-state index is 0.222. The van der Waals surface area contributed by atoms with Crippen LogP contribution in [0.1, 0.15) is 13.8 Å². The Hall–Kier alpha value is -1.02. The summed E-state index contributed by atoms with van der Waals surface area (Å²) in [5.74, 6) is 0. The lowest BCUT2D eigenvalue weighted by Crippen LogP contribution is -2.35. The van der Waals surface area contributed by atoms with Crippen molar-refractivity contribution in [2.45, 2.75) is 19.9 Å². The van der Waals surface area contributed by atoms with Gasteiger partial charge in [-0.3, -0.25) is 0 Å². The molecular weight excluding hydrogens is 160 g/mol. The van der Waals surface area contributed by atoms with E-state index in [2.05, 4.69) is 36.1 Å². The Morgan fingerprint density at radius 1 is 1.31 bits per heavy atom. The molecule has 0 aliphatic heterocycles. The third-order valence-electron chi connectivity index (χ3n) is 2.01. The van der Waals surface area contributed by atoms with Gasteiger partial charge in [0.25, 0.3) is 0 Å². The van der Waals surface area contributed by atoms with Crippen LogP contribution >= 0.6 is 0 Å². The maximum Gasteiger partial charge on any atom is 0.0366 e. The molecule has 2 heteroatoms. The summed E-state index contributed by atoms with van der Waals surface area (Å²) in [5.41, 5.74) is 7.02. The van der Waals surface area contributed by atoms with Gasteiger partial charge < -0.3 is 10.6 Å². The lowest BCUT2D eigenvalue weighted by Gasteiger charge is -2.24. The molecule has 0 saturated heterocycles. The maximum absolute atomic E-state index is 5.76. The summed E-state index contributed by atoms with van der Waals surface area (Å²) in [6.45, 7) is 6.10. The van der Waals surface area contributed by atoms with Crippen molar-refractivity contribution in [3.63, 3.8) is 0 Å². The summed E-state index contributed by atoms with van der Waals surface area (Å²) in [6.07, 6.45) is 0. The number of nitrogens with two attached hydrogens (primary N) is 1. The topological polar surface area (TPSA) is 29.3 Å². The number of likely N-dealkylation sites (N-methyl/N-ethyl adjacent to an activating group) is 1. The zero-order valence-electron chi connectivity index (χ0n) is 8.40. The maximum atomic E-state index is 5.76. The van der Waals surface area contributed by atoms with Gasteiger partial charge in [-0.25, -0.2) is 0 Å². The van der Waals surface area contributed by atoms with Crippen molar-refractivity contribution in [2.24, 2.45) is 5.73 Å². The van der Waals surface area contributed by atoms with E-state index in [-0.39, 0.29) is 6.04 Å². The van der Waals surface area contributed by atoms with Crippen molar-refractivity contribution >= 4 is 5.69 Å². The normalized spacial score (nSPS) is 12.5. The Kier molecular flexibility index (Phi) is 3.77. The molecule has 0 bridgehead atoms. The van der Waals surface area contributed by atoms with Gasteiger partial charge in [0.15, 0.2) is 0 Å². The first-order valence-electron chi connectivity index (χ1n) is 4.79. The molecule has 0 aliphatic carbocycles. The Balaban J connectivity index is 2.67. The van der Waals surface area contributed by atoms with Crippen molar-refractivity contribution in [2.75, 3.05) is 18.0 Å². The largest absolute Gasteiger partial charge is 0.370 e. The van der Waals surface area contributed by atoms with Gasteiger partial charge in [-0.05, 0) is 26.0 Å². The molecule has 0 aliphatic rings. The van der Waals surface area contributed by atoms with Gasteiger partial charge in [-0.1, -0.05) is 18.2 Å². The Morgan fingerprint density at radius 3 is 2.38 bits per heavy atom. The molecule has 0 fully saturated rings. The van der Waals surface area contributed by atoms with E-state index in [1.54, 1.807) is 0 Å². The van der Waals surface area contributed by atoms with E-state index in [4.69, 9.17) is 5.73 Å². The highest BCUT2D eigenvalue weighted by Gasteiger charge is 2.04. The Labute approximate surface area is 80.4 Å². The second-order valence-electron chi connectivity index (χ2n) is 3.35. The van der Waals surface area contributed by atoms with E-state index in [1.165, 1.54) is 5.69 Å². The first kappa shape index (κ1) is 10.1. The molecule has 1 aromatic rings.